The largest absolute Gasteiger partial charge is 0.466 e. The van der Waals surface area contributed by atoms with E-state index in [1.165, 1.54) is 4.90 Å². The molecule has 0 aromatic rings. The van der Waals surface area contributed by atoms with Crippen LogP contribution in [0.4, 0.5) is 0 Å². The molecule has 7 heteroatoms. The number of rotatable bonds is 13. The highest BCUT2D eigenvalue weighted by atomic mass is 16.6. The molecule has 0 aliphatic heterocycles. The van der Waals surface area contributed by atoms with Crippen LogP contribution < -0.4 is 5.73 Å². The van der Waals surface area contributed by atoms with Crippen LogP contribution >= 0.6 is 0 Å². The Labute approximate surface area is 132 Å². The fraction of sp³-hybridized carbons (Fsp3) is 0.867. The normalized spacial score (nSPS) is 12.0. The topological polar surface area (TPSA) is 102 Å². The highest BCUT2D eigenvalue weighted by Crippen LogP contribution is 2.06. The molecule has 130 valence electrons. The average molecular weight is 318 g/mol. The van der Waals surface area contributed by atoms with Gasteiger partial charge in [-0.1, -0.05) is 6.42 Å². The fourth-order valence-corrected chi connectivity index (χ4v) is 1.97. The molecular formula is C15H30N2O5. The molecule has 1 unspecified atom stereocenters. The lowest BCUT2D eigenvalue weighted by molar-refractivity contribution is -0.148. The Kier molecular flexibility index (Phi) is 12.8. The molecule has 7 nitrogen and oxygen atoms in total. The maximum Gasteiger partial charge on any atom is 0.307 e. The first-order valence-electron chi connectivity index (χ1n) is 7.98. The van der Waals surface area contributed by atoms with Crippen molar-refractivity contribution in [2.75, 3.05) is 32.8 Å². The van der Waals surface area contributed by atoms with Gasteiger partial charge >= 0.3 is 5.97 Å². The number of carbonyl (C=O) groups excluding carboxylic acids is 2. The summed E-state index contributed by atoms with van der Waals surface area (Å²) in [5.74, 6) is -0.450. The minimum atomic E-state index is -1.04. The molecule has 22 heavy (non-hydrogen) atoms. The lowest BCUT2D eigenvalue weighted by Gasteiger charge is -2.25. The monoisotopic (exact) mass is 318 g/mol. The summed E-state index contributed by atoms with van der Waals surface area (Å²) >= 11 is 0. The van der Waals surface area contributed by atoms with Gasteiger partial charge in [0.25, 0.3) is 0 Å². The lowest BCUT2D eigenvalue weighted by atomic mass is 10.1. The molecular weight excluding hydrogens is 288 g/mol. The van der Waals surface area contributed by atoms with Crippen LogP contribution in [0.5, 0.6) is 0 Å². The van der Waals surface area contributed by atoms with Gasteiger partial charge in [0.05, 0.1) is 19.6 Å². The molecule has 0 bridgehead atoms. The average Bonchev–Trinajstić information content (AvgIpc) is 2.48. The van der Waals surface area contributed by atoms with Crippen molar-refractivity contribution in [3.63, 3.8) is 0 Å². The van der Waals surface area contributed by atoms with Crippen molar-refractivity contribution in [1.29, 1.82) is 0 Å². The Hall–Kier alpha value is -1.18. The summed E-state index contributed by atoms with van der Waals surface area (Å²) in [5.41, 5.74) is 5.42. The van der Waals surface area contributed by atoms with Crippen molar-refractivity contribution in [1.82, 2.24) is 4.90 Å². The zero-order valence-electron chi connectivity index (χ0n) is 13.8. The van der Waals surface area contributed by atoms with Gasteiger partial charge in [0, 0.05) is 19.6 Å². The first-order chi connectivity index (χ1) is 10.5. The van der Waals surface area contributed by atoms with Crippen LogP contribution in [0, 0.1) is 0 Å². The SMILES string of the molecule is CCOC(=O)CCN(CC(O)OCC)C(=O)CCCCCN. The van der Waals surface area contributed by atoms with Crippen LogP contribution in [0.25, 0.3) is 0 Å². The van der Waals surface area contributed by atoms with E-state index in [2.05, 4.69) is 0 Å². The summed E-state index contributed by atoms with van der Waals surface area (Å²) in [6, 6.07) is 0. The van der Waals surface area contributed by atoms with Crippen molar-refractivity contribution >= 4 is 11.9 Å². The number of nitrogens with zero attached hydrogens (tertiary/aromatic N) is 1. The van der Waals surface area contributed by atoms with Crippen LogP contribution in [-0.4, -0.2) is 61.0 Å². The van der Waals surface area contributed by atoms with E-state index in [9.17, 15) is 14.7 Å². The number of esters is 1. The van der Waals surface area contributed by atoms with E-state index in [4.69, 9.17) is 15.2 Å². The van der Waals surface area contributed by atoms with Gasteiger partial charge in [-0.3, -0.25) is 9.59 Å². The highest BCUT2D eigenvalue weighted by Gasteiger charge is 2.18. The van der Waals surface area contributed by atoms with Gasteiger partial charge in [-0.05, 0) is 33.2 Å². The number of nitrogens with two attached hydrogens (primary N) is 1. The van der Waals surface area contributed by atoms with Gasteiger partial charge < -0.3 is 25.2 Å². The van der Waals surface area contributed by atoms with Gasteiger partial charge in [0.1, 0.15) is 0 Å². The molecule has 0 aromatic heterocycles. The third-order valence-corrected chi connectivity index (χ3v) is 3.07. The van der Waals surface area contributed by atoms with Crippen LogP contribution in [0.1, 0.15) is 46.0 Å². The summed E-state index contributed by atoms with van der Waals surface area (Å²) in [7, 11) is 0. The smallest absolute Gasteiger partial charge is 0.307 e. The Morgan fingerprint density at radius 1 is 1.14 bits per heavy atom. The number of ether oxygens (including phenoxy) is 2. The van der Waals surface area contributed by atoms with Crippen LogP contribution in [0.2, 0.25) is 0 Å². The standard InChI is InChI=1S/C15H30N2O5/c1-3-21-14(19)9-11-17(12-15(20)22-4-2)13(18)8-6-5-7-10-16/h15,20H,3-12,16H2,1-2H3. The zero-order valence-corrected chi connectivity index (χ0v) is 13.8. The highest BCUT2D eigenvalue weighted by molar-refractivity contribution is 5.77. The van der Waals surface area contributed by atoms with Gasteiger partial charge in [-0.2, -0.15) is 0 Å². The Balaban J connectivity index is 4.36. The lowest BCUT2D eigenvalue weighted by Crippen LogP contribution is -2.39. The maximum absolute atomic E-state index is 12.2. The third kappa shape index (κ3) is 10.5. The van der Waals surface area contributed by atoms with Gasteiger partial charge in [0.2, 0.25) is 5.91 Å². The predicted molar refractivity (Wildman–Crippen MR) is 83.0 cm³/mol. The molecule has 3 N–H and O–H groups in total. The minimum absolute atomic E-state index is 0.0585. The summed E-state index contributed by atoms with van der Waals surface area (Å²) in [6.07, 6.45) is 1.97. The van der Waals surface area contributed by atoms with E-state index in [0.29, 0.717) is 26.2 Å². The second-order valence-electron chi connectivity index (χ2n) is 4.90. The van der Waals surface area contributed by atoms with E-state index in [0.717, 1.165) is 19.3 Å². The number of aliphatic hydroxyl groups excluding tert-OH is 1. The van der Waals surface area contributed by atoms with Crippen molar-refractivity contribution in [3.8, 4) is 0 Å². The number of hydrogen-bond donors (Lipinski definition) is 2. The molecule has 0 radical (unpaired) electrons. The third-order valence-electron chi connectivity index (χ3n) is 3.07. The summed E-state index contributed by atoms with van der Waals surface area (Å²) in [6.45, 7) is 5.06. The fourth-order valence-electron chi connectivity index (χ4n) is 1.97. The Morgan fingerprint density at radius 3 is 2.45 bits per heavy atom. The minimum Gasteiger partial charge on any atom is -0.466 e. The Morgan fingerprint density at radius 2 is 1.86 bits per heavy atom. The quantitative estimate of drug-likeness (QED) is 0.293. The summed E-state index contributed by atoms with van der Waals surface area (Å²) in [4.78, 5) is 25.1. The molecule has 0 spiro atoms. The van der Waals surface area contributed by atoms with Crippen LogP contribution in [-0.2, 0) is 19.1 Å². The zero-order chi connectivity index (χ0) is 16.8. The number of amides is 1. The van der Waals surface area contributed by atoms with E-state index in [1.54, 1.807) is 13.8 Å². The molecule has 0 rings (SSSR count). The van der Waals surface area contributed by atoms with Gasteiger partial charge in [-0.25, -0.2) is 0 Å². The molecule has 0 aromatic carbocycles. The number of hydrogen-bond acceptors (Lipinski definition) is 6. The van der Waals surface area contributed by atoms with Crippen LogP contribution in [0.3, 0.4) is 0 Å². The maximum atomic E-state index is 12.2. The number of carbonyl (C=O) groups is 2. The molecule has 0 heterocycles. The van der Waals surface area contributed by atoms with E-state index >= 15 is 0 Å². The Bertz CT molecular complexity index is 312. The van der Waals surface area contributed by atoms with Crippen molar-refractivity contribution in [2.24, 2.45) is 5.73 Å². The summed E-state index contributed by atoms with van der Waals surface area (Å²) < 4.78 is 9.90. The second-order valence-corrected chi connectivity index (χ2v) is 4.90. The number of aliphatic hydroxyl groups is 1. The van der Waals surface area contributed by atoms with E-state index in [1.807, 2.05) is 0 Å². The van der Waals surface area contributed by atoms with Crippen molar-refractivity contribution in [3.05, 3.63) is 0 Å². The molecule has 1 atom stereocenters. The number of unbranched alkanes of at least 4 members (excludes halogenated alkanes) is 2. The molecule has 1 amide bonds. The van der Waals surface area contributed by atoms with Gasteiger partial charge in [-0.15, -0.1) is 0 Å². The molecule has 0 saturated carbocycles. The molecule has 0 aliphatic rings. The van der Waals surface area contributed by atoms with Crippen molar-refractivity contribution in [2.45, 2.75) is 52.2 Å². The molecule has 0 saturated heterocycles. The second kappa shape index (κ2) is 13.5. The van der Waals surface area contributed by atoms with Gasteiger partial charge in [0.15, 0.2) is 6.29 Å². The molecule has 0 fully saturated rings. The molecule has 0 aliphatic carbocycles. The predicted octanol–water partition coefficient (Wildman–Crippen LogP) is 0.642. The van der Waals surface area contributed by atoms with Crippen molar-refractivity contribution < 1.29 is 24.2 Å². The summed E-state index contributed by atoms with van der Waals surface area (Å²) in [5, 5.41) is 9.70. The van der Waals surface area contributed by atoms with E-state index < -0.39 is 6.29 Å². The first kappa shape index (κ1) is 20.8. The van der Waals surface area contributed by atoms with Crippen LogP contribution in [0.15, 0.2) is 0 Å². The first-order valence-corrected chi connectivity index (χ1v) is 7.98. The van der Waals surface area contributed by atoms with E-state index in [-0.39, 0.29) is 31.4 Å².